The molecule has 1 aromatic carbocycles. The van der Waals surface area contributed by atoms with Crippen LogP contribution in [0.3, 0.4) is 0 Å². The molecule has 0 saturated carbocycles. The summed E-state index contributed by atoms with van der Waals surface area (Å²) in [6, 6.07) is 9.16. The number of aryl methyl sites for hydroxylation is 2. The topological polar surface area (TPSA) is 0 Å². The van der Waals surface area contributed by atoms with Gasteiger partial charge in [-0.05, 0) is 49.7 Å². The summed E-state index contributed by atoms with van der Waals surface area (Å²) in [5.41, 5.74) is 2.96. The summed E-state index contributed by atoms with van der Waals surface area (Å²) in [6.45, 7) is 5.99. The zero-order valence-electron chi connectivity index (χ0n) is 10.5. The lowest BCUT2D eigenvalue weighted by atomic mass is 10.0. The zero-order valence-corrected chi connectivity index (χ0v) is 10.5. The van der Waals surface area contributed by atoms with Crippen LogP contribution in [-0.4, -0.2) is 0 Å². The second-order valence-corrected chi connectivity index (χ2v) is 4.45. The van der Waals surface area contributed by atoms with Crippen LogP contribution in [-0.2, 0) is 12.8 Å². The van der Waals surface area contributed by atoms with Crippen LogP contribution in [0, 0.1) is 0 Å². The molecule has 0 nitrogen and oxygen atoms in total. The van der Waals surface area contributed by atoms with Crippen LogP contribution < -0.4 is 0 Å². The minimum atomic E-state index is 1.15. The van der Waals surface area contributed by atoms with Gasteiger partial charge in [-0.3, -0.25) is 0 Å². The Morgan fingerprint density at radius 3 is 2.00 bits per heavy atom. The van der Waals surface area contributed by atoms with E-state index in [1.807, 2.05) is 6.08 Å². The standard InChI is InChI=1S/C16H24/c1-3-5-7-8-10-16-13-11-15(12-14-16)9-6-4-2/h3,11-14H,1,4-10H2,2H3. The van der Waals surface area contributed by atoms with Gasteiger partial charge in [-0.2, -0.15) is 0 Å². The third kappa shape index (κ3) is 5.16. The van der Waals surface area contributed by atoms with Crippen LogP contribution in [0.4, 0.5) is 0 Å². The normalized spacial score (nSPS) is 10.3. The molecule has 0 saturated heterocycles. The molecule has 0 aliphatic rings. The molecule has 16 heavy (non-hydrogen) atoms. The Morgan fingerprint density at radius 2 is 1.50 bits per heavy atom. The molecule has 0 N–H and O–H groups in total. The van der Waals surface area contributed by atoms with E-state index in [2.05, 4.69) is 37.8 Å². The predicted molar refractivity (Wildman–Crippen MR) is 72.8 cm³/mol. The summed E-state index contributed by atoms with van der Waals surface area (Å²) in [5.74, 6) is 0. The highest BCUT2D eigenvalue weighted by molar-refractivity contribution is 5.22. The second kappa shape index (κ2) is 8.15. The molecule has 1 aromatic rings. The highest BCUT2D eigenvalue weighted by Crippen LogP contribution is 2.11. The average molecular weight is 216 g/mol. The van der Waals surface area contributed by atoms with Crippen molar-refractivity contribution in [1.29, 1.82) is 0 Å². The van der Waals surface area contributed by atoms with E-state index in [1.165, 1.54) is 49.7 Å². The van der Waals surface area contributed by atoms with E-state index in [0.29, 0.717) is 0 Å². The largest absolute Gasteiger partial charge is 0.103 e. The molecule has 0 aromatic heterocycles. The van der Waals surface area contributed by atoms with Crippen molar-refractivity contribution in [2.75, 3.05) is 0 Å². The number of allylic oxidation sites excluding steroid dienone is 1. The van der Waals surface area contributed by atoms with Crippen molar-refractivity contribution in [2.24, 2.45) is 0 Å². The fraction of sp³-hybridized carbons (Fsp3) is 0.500. The quantitative estimate of drug-likeness (QED) is 0.427. The molecule has 0 aliphatic heterocycles. The van der Waals surface area contributed by atoms with Gasteiger partial charge >= 0.3 is 0 Å². The lowest BCUT2D eigenvalue weighted by Gasteiger charge is -2.03. The van der Waals surface area contributed by atoms with Crippen LogP contribution in [0.25, 0.3) is 0 Å². The van der Waals surface area contributed by atoms with Gasteiger partial charge in [0.15, 0.2) is 0 Å². The van der Waals surface area contributed by atoms with Gasteiger partial charge in [-0.15, -0.1) is 6.58 Å². The molecular weight excluding hydrogens is 192 g/mol. The molecule has 0 aliphatic carbocycles. The van der Waals surface area contributed by atoms with Crippen molar-refractivity contribution in [2.45, 2.75) is 51.9 Å². The summed E-state index contributed by atoms with van der Waals surface area (Å²) in [6.07, 6.45) is 10.7. The van der Waals surface area contributed by atoms with Gasteiger partial charge in [0.05, 0.1) is 0 Å². The SMILES string of the molecule is C=CCCCCc1ccc(CCCC)cc1. The summed E-state index contributed by atoms with van der Waals surface area (Å²) < 4.78 is 0. The summed E-state index contributed by atoms with van der Waals surface area (Å²) in [4.78, 5) is 0. The Labute approximate surface area is 100 Å². The number of rotatable bonds is 8. The maximum atomic E-state index is 3.75. The molecule has 0 atom stereocenters. The summed E-state index contributed by atoms with van der Waals surface area (Å²) in [5, 5.41) is 0. The monoisotopic (exact) mass is 216 g/mol. The van der Waals surface area contributed by atoms with Crippen molar-refractivity contribution >= 4 is 0 Å². The molecule has 0 heterocycles. The Morgan fingerprint density at radius 1 is 0.938 bits per heavy atom. The molecule has 0 radical (unpaired) electrons. The van der Waals surface area contributed by atoms with E-state index >= 15 is 0 Å². The lowest BCUT2D eigenvalue weighted by molar-refractivity contribution is 0.747. The van der Waals surface area contributed by atoms with E-state index < -0.39 is 0 Å². The summed E-state index contributed by atoms with van der Waals surface area (Å²) >= 11 is 0. The Hall–Kier alpha value is -1.04. The highest BCUT2D eigenvalue weighted by Gasteiger charge is 1.95. The first-order valence-electron chi connectivity index (χ1n) is 6.55. The number of hydrogen-bond donors (Lipinski definition) is 0. The molecular formula is C16H24. The van der Waals surface area contributed by atoms with Gasteiger partial charge in [0.1, 0.15) is 0 Å². The van der Waals surface area contributed by atoms with E-state index in [1.54, 1.807) is 0 Å². The van der Waals surface area contributed by atoms with Crippen LogP contribution in [0.1, 0.15) is 50.2 Å². The first-order valence-corrected chi connectivity index (χ1v) is 6.55. The van der Waals surface area contributed by atoms with Gasteiger partial charge in [-0.1, -0.05) is 43.7 Å². The van der Waals surface area contributed by atoms with E-state index in [9.17, 15) is 0 Å². The second-order valence-electron chi connectivity index (χ2n) is 4.45. The minimum Gasteiger partial charge on any atom is -0.103 e. The van der Waals surface area contributed by atoms with Crippen LogP contribution >= 0.6 is 0 Å². The van der Waals surface area contributed by atoms with E-state index in [-0.39, 0.29) is 0 Å². The van der Waals surface area contributed by atoms with Crippen LogP contribution in [0.2, 0.25) is 0 Å². The Bertz CT molecular complexity index is 281. The average Bonchev–Trinajstić information content (AvgIpc) is 2.33. The molecule has 0 fully saturated rings. The maximum Gasteiger partial charge on any atom is -0.0279 e. The smallest absolute Gasteiger partial charge is 0.0279 e. The lowest BCUT2D eigenvalue weighted by Crippen LogP contribution is -1.88. The van der Waals surface area contributed by atoms with Crippen molar-refractivity contribution < 1.29 is 0 Å². The van der Waals surface area contributed by atoms with Crippen molar-refractivity contribution in [3.8, 4) is 0 Å². The zero-order chi connectivity index (χ0) is 11.6. The summed E-state index contributed by atoms with van der Waals surface area (Å²) in [7, 11) is 0. The van der Waals surface area contributed by atoms with Gasteiger partial charge < -0.3 is 0 Å². The molecule has 0 heteroatoms. The van der Waals surface area contributed by atoms with E-state index in [4.69, 9.17) is 0 Å². The first kappa shape index (κ1) is 13.0. The molecule has 1 rings (SSSR count). The molecule has 0 bridgehead atoms. The molecule has 0 unspecified atom stereocenters. The number of benzene rings is 1. The van der Waals surface area contributed by atoms with Crippen LogP contribution in [0.5, 0.6) is 0 Å². The van der Waals surface area contributed by atoms with Crippen LogP contribution in [0.15, 0.2) is 36.9 Å². The van der Waals surface area contributed by atoms with E-state index in [0.717, 1.165) is 6.42 Å². The van der Waals surface area contributed by atoms with Gasteiger partial charge in [-0.25, -0.2) is 0 Å². The minimum absolute atomic E-state index is 1.15. The Kier molecular flexibility index (Phi) is 6.64. The molecule has 0 amide bonds. The first-order chi connectivity index (χ1) is 7.86. The van der Waals surface area contributed by atoms with Crippen molar-refractivity contribution in [3.05, 3.63) is 48.0 Å². The van der Waals surface area contributed by atoms with Gasteiger partial charge in [0, 0.05) is 0 Å². The fourth-order valence-corrected chi connectivity index (χ4v) is 1.87. The predicted octanol–water partition coefficient (Wildman–Crippen LogP) is 4.93. The maximum absolute atomic E-state index is 3.75. The number of hydrogen-bond acceptors (Lipinski definition) is 0. The molecule has 88 valence electrons. The fourth-order valence-electron chi connectivity index (χ4n) is 1.87. The third-order valence-corrected chi connectivity index (χ3v) is 2.97. The van der Waals surface area contributed by atoms with Gasteiger partial charge in [0.25, 0.3) is 0 Å². The number of unbranched alkanes of at least 4 members (excludes halogenated alkanes) is 3. The van der Waals surface area contributed by atoms with Gasteiger partial charge in [0.2, 0.25) is 0 Å². The van der Waals surface area contributed by atoms with Crippen molar-refractivity contribution in [1.82, 2.24) is 0 Å². The Balaban J connectivity index is 2.30. The third-order valence-electron chi connectivity index (χ3n) is 2.97. The molecule has 0 spiro atoms. The van der Waals surface area contributed by atoms with Crippen molar-refractivity contribution in [3.63, 3.8) is 0 Å². The highest BCUT2D eigenvalue weighted by atomic mass is 14.0.